The van der Waals surface area contributed by atoms with Crippen LogP contribution < -0.4 is 11.1 Å². The summed E-state index contributed by atoms with van der Waals surface area (Å²) in [5.74, 6) is 0. The van der Waals surface area contributed by atoms with Crippen LogP contribution in [0.25, 0.3) is 11.2 Å². The highest BCUT2D eigenvalue weighted by Crippen LogP contribution is 2.27. The van der Waals surface area contributed by atoms with Crippen molar-refractivity contribution >= 4 is 17.3 Å². The van der Waals surface area contributed by atoms with Crippen LogP contribution in [0.15, 0.2) is 27.9 Å². The number of piperidine rings is 1. The Hall–Kier alpha value is -2.68. The van der Waals surface area contributed by atoms with Crippen molar-refractivity contribution in [2.45, 2.75) is 64.2 Å². The highest BCUT2D eigenvalue weighted by atomic mass is 16.4. The fourth-order valence-corrected chi connectivity index (χ4v) is 5.00. The van der Waals surface area contributed by atoms with Gasteiger partial charge in [-0.05, 0) is 46.1 Å². The lowest BCUT2D eigenvalue weighted by atomic mass is 9.96. The number of amides is 1. The maximum absolute atomic E-state index is 12.6. The number of aromatic nitrogens is 3. The lowest BCUT2D eigenvalue weighted by Crippen LogP contribution is -2.55. The SMILES string of the molecule is CC(C)(C)N(C(=O)O)C1CCN(C[C@@H]2CCn3c(=O)ccc4ncc(=O)n2c43)CC1. The maximum Gasteiger partial charge on any atom is 0.407 e. The number of nitrogens with zero attached hydrogens (tertiary/aromatic N) is 5. The van der Waals surface area contributed by atoms with Crippen LogP contribution in [-0.2, 0) is 6.54 Å². The Morgan fingerprint density at radius 2 is 1.83 bits per heavy atom. The third-order valence-electron chi connectivity index (χ3n) is 6.29. The molecular weight excluding hydrogens is 386 g/mol. The molecule has 0 aliphatic carbocycles. The average Bonchev–Trinajstić information content (AvgIpc) is 2.67. The Balaban J connectivity index is 1.53. The van der Waals surface area contributed by atoms with Gasteiger partial charge in [0.05, 0.1) is 12.2 Å². The summed E-state index contributed by atoms with van der Waals surface area (Å²) in [5.41, 5.74) is 0.519. The van der Waals surface area contributed by atoms with E-state index in [1.807, 2.05) is 20.8 Å². The van der Waals surface area contributed by atoms with Gasteiger partial charge in [-0.2, -0.15) is 0 Å². The van der Waals surface area contributed by atoms with Gasteiger partial charge in [0.15, 0.2) is 0 Å². The molecule has 0 unspecified atom stereocenters. The first-order valence-electron chi connectivity index (χ1n) is 10.5. The van der Waals surface area contributed by atoms with Gasteiger partial charge in [-0.15, -0.1) is 0 Å². The van der Waals surface area contributed by atoms with Crippen LogP contribution in [0.5, 0.6) is 0 Å². The molecule has 162 valence electrons. The summed E-state index contributed by atoms with van der Waals surface area (Å²) in [7, 11) is 0. The topological polar surface area (TPSA) is 101 Å². The minimum atomic E-state index is -0.874. The maximum atomic E-state index is 12.6. The number of hydrogen-bond donors (Lipinski definition) is 1. The molecule has 2 aliphatic rings. The first kappa shape index (κ1) is 20.6. The standard InChI is InChI=1S/C21H29N5O4/c1-21(2,3)26(20(29)30)14-6-9-23(10-7-14)13-15-8-11-24-17(27)5-4-16-19(24)25(15)18(28)12-22-16/h4-5,12,14-15H,6-11,13H2,1-3H3,(H,29,30)/t15-/m0/s1. The molecule has 30 heavy (non-hydrogen) atoms. The molecule has 1 atom stereocenters. The van der Waals surface area contributed by atoms with Crippen LogP contribution in [-0.4, -0.2) is 66.3 Å². The van der Waals surface area contributed by atoms with Crippen molar-refractivity contribution < 1.29 is 9.90 Å². The summed E-state index contributed by atoms with van der Waals surface area (Å²) in [6, 6.07) is 3.14. The highest BCUT2D eigenvalue weighted by Gasteiger charge is 2.36. The van der Waals surface area contributed by atoms with Crippen molar-refractivity contribution in [1.29, 1.82) is 0 Å². The predicted octanol–water partition coefficient (Wildman–Crippen LogP) is 1.75. The van der Waals surface area contributed by atoms with E-state index in [0.29, 0.717) is 30.7 Å². The van der Waals surface area contributed by atoms with Gasteiger partial charge in [-0.25, -0.2) is 9.78 Å². The predicted molar refractivity (Wildman–Crippen MR) is 113 cm³/mol. The number of likely N-dealkylation sites (tertiary alicyclic amines) is 1. The van der Waals surface area contributed by atoms with Crippen LogP contribution in [0.2, 0.25) is 0 Å². The van der Waals surface area contributed by atoms with Gasteiger partial charge in [0.1, 0.15) is 11.2 Å². The van der Waals surface area contributed by atoms with E-state index >= 15 is 0 Å². The molecule has 2 aliphatic heterocycles. The van der Waals surface area contributed by atoms with Crippen molar-refractivity contribution in [2.24, 2.45) is 0 Å². The zero-order valence-corrected chi connectivity index (χ0v) is 17.7. The van der Waals surface area contributed by atoms with Crippen LogP contribution in [0, 0.1) is 0 Å². The smallest absolute Gasteiger partial charge is 0.407 e. The zero-order valence-electron chi connectivity index (χ0n) is 17.7. The zero-order chi connectivity index (χ0) is 21.6. The number of rotatable bonds is 3. The van der Waals surface area contributed by atoms with Crippen LogP contribution in [0.4, 0.5) is 4.79 Å². The lowest BCUT2D eigenvalue weighted by Gasteiger charge is -2.44. The van der Waals surface area contributed by atoms with Crippen LogP contribution >= 0.6 is 0 Å². The molecule has 1 N–H and O–H groups in total. The monoisotopic (exact) mass is 415 g/mol. The molecule has 0 saturated carbocycles. The minimum Gasteiger partial charge on any atom is -0.465 e. The molecule has 0 bridgehead atoms. The Labute approximate surface area is 174 Å². The summed E-state index contributed by atoms with van der Waals surface area (Å²) < 4.78 is 3.36. The molecule has 1 fully saturated rings. The van der Waals surface area contributed by atoms with Gasteiger partial charge < -0.3 is 14.9 Å². The summed E-state index contributed by atoms with van der Waals surface area (Å²) in [6.07, 6.45) is 2.70. The quantitative estimate of drug-likeness (QED) is 0.820. The first-order chi connectivity index (χ1) is 14.2. The normalized spacial score (nSPS) is 20.4. The summed E-state index contributed by atoms with van der Waals surface area (Å²) in [5, 5.41) is 9.66. The number of aryl methyl sites for hydroxylation is 1. The van der Waals surface area contributed by atoms with E-state index in [-0.39, 0.29) is 23.2 Å². The Morgan fingerprint density at radius 3 is 2.47 bits per heavy atom. The molecule has 0 spiro atoms. The van der Waals surface area contributed by atoms with Crippen molar-refractivity contribution in [3.63, 3.8) is 0 Å². The fourth-order valence-electron chi connectivity index (χ4n) is 5.00. The van der Waals surface area contributed by atoms with Gasteiger partial charge in [0.2, 0.25) is 0 Å². The number of hydrogen-bond acceptors (Lipinski definition) is 5. The Kier molecular flexibility index (Phi) is 5.17. The van der Waals surface area contributed by atoms with Crippen molar-refractivity contribution in [3.05, 3.63) is 39.0 Å². The van der Waals surface area contributed by atoms with Gasteiger partial charge in [-0.3, -0.25) is 18.7 Å². The van der Waals surface area contributed by atoms with Crippen LogP contribution in [0.1, 0.15) is 46.1 Å². The van der Waals surface area contributed by atoms with Gasteiger partial charge in [0, 0.05) is 43.8 Å². The van der Waals surface area contributed by atoms with E-state index in [4.69, 9.17) is 0 Å². The molecule has 2 aromatic rings. The van der Waals surface area contributed by atoms with Crippen molar-refractivity contribution in [3.8, 4) is 0 Å². The Morgan fingerprint density at radius 1 is 1.13 bits per heavy atom. The molecule has 9 nitrogen and oxygen atoms in total. The highest BCUT2D eigenvalue weighted by molar-refractivity contribution is 5.70. The fraction of sp³-hybridized carbons (Fsp3) is 0.619. The average molecular weight is 415 g/mol. The van der Waals surface area contributed by atoms with Crippen molar-refractivity contribution in [2.75, 3.05) is 19.6 Å². The molecule has 4 rings (SSSR count). The molecule has 1 saturated heterocycles. The minimum absolute atomic E-state index is 0.000219. The summed E-state index contributed by atoms with van der Waals surface area (Å²) in [4.78, 5) is 44.7. The molecule has 1 amide bonds. The lowest BCUT2D eigenvalue weighted by molar-refractivity contribution is 0.0392. The summed E-state index contributed by atoms with van der Waals surface area (Å²) in [6.45, 7) is 8.62. The molecule has 0 aromatic carbocycles. The van der Waals surface area contributed by atoms with E-state index in [9.17, 15) is 19.5 Å². The molecule has 4 heterocycles. The van der Waals surface area contributed by atoms with Gasteiger partial charge in [-0.1, -0.05) is 0 Å². The van der Waals surface area contributed by atoms with Gasteiger partial charge in [0.25, 0.3) is 11.1 Å². The van der Waals surface area contributed by atoms with Gasteiger partial charge >= 0.3 is 6.09 Å². The summed E-state index contributed by atoms with van der Waals surface area (Å²) >= 11 is 0. The number of carboxylic acid groups (broad SMARTS) is 1. The van der Waals surface area contributed by atoms with E-state index < -0.39 is 11.6 Å². The number of pyridine rings is 1. The second kappa shape index (κ2) is 7.54. The Bertz CT molecular complexity index is 1070. The second-order valence-corrected chi connectivity index (χ2v) is 9.30. The van der Waals surface area contributed by atoms with E-state index in [1.54, 1.807) is 20.1 Å². The molecule has 0 radical (unpaired) electrons. The first-order valence-corrected chi connectivity index (χ1v) is 10.5. The third kappa shape index (κ3) is 3.62. The number of carbonyl (C=O) groups is 1. The largest absolute Gasteiger partial charge is 0.465 e. The van der Waals surface area contributed by atoms with E-state index in [1.165, 1.54) is 12.3 Å². The van der Waals surface area contributed by atoms with E-state index in [0.717, 1.165) is 25.9 Å². The van der Waals surface area contributed by atoms with Crippen LogP contribution in [0.3, 0.4) is 0 Å². The third-order valence-corrected chi connectivity index (χ3v) is 6.29. The van der Waals surface area contributed by atoms with E-state index in [2.05, 4.69) is 9.88 Å². The molecular formula is C21H29N5O4. The second-order valence-electron chi connectivity index (χ2n) is 9.30. The molecule has 9 heteroatoms. The molecule has 2 aromatic heterocycles. The van der Waals surface area contributed by atoms with Crippen molar-refractivity contribution in [1.82, 2.24) is 23.9 Å².